The zero-order chi connectivity index (χ0) is 22.0. The molecule has 2 aromatic carbocycles. The zero-order valence-electron chi connectivity index (χ0n) is 18.3. The Morgan fingerprint density at radius 1 is 1.13 bits per heavy atom. The van der Waals surface area contributed by atoms with E-state index < -0.39 is 0 Å². The van der Waals surface area contributed by atoms with Gasteiger partial charge in [-0.05, 0) is 31.9 Å². The molecule has 2 aliphatic heterocycles. The van der Waals surface area contributed by atoms with E-state index in [2.05, 4.69) is 67.5 Å². The minimum atomic E-state index is -0.217. The molecule has 0 unspecified atom stereocenters. The fourth-order valence-electron chi connectivity index (χ4n) is 4.48. The first-order chi connectivity index (χ1) is 15.0. The van der Waals surface area contributed by atoms with E-state index in [1.807, 2.05) is 6.92 Å². The molecule has 1 N–H and O–H groups in total. The fourth-order valence-corrected chi connectivity index (χ4v) is 4.48. The van der Waals surface area contributed by atoms with Gasteiger partial charge in [0, 0.05) is 19.0 Å². The lowest BCUT2D eigenvalue weighted by Gasteiger charge is -2.44. The number of likely N-dealkylation sites (N-methyl/N-ethyl adjacent to an activating group) is 1. The maximum absolute atomic E-state index is 13.2. The van der Waals surface area contributed by atoms with Crippen molar-refractivity contribution >= 4 is 12.1 Å². The Balaban J connectivity index is 1.90. The van der Waals surface area contributed by atoms with E-state index in [1.165, 1.54) is 11.1 Å². The number of rotatable bonds is 4. The van der Waals surface area contributed by atoms with Crippen LogP contribution in [-0.4, -0.2) is 59.5 Å². The average molecular weight is 420 g/mol. The van der Waals surface area contributed by atoms with Gasteiger partial charge in [-0.15, -0.1) is 0 Å². The molecule has 0 aromatic heterocycles. The van der Waals surface area contributed by atoms with Crippen LogP contribution in [0, 0.1) is 13.8 Å². The summed E-state index contributed by atoms with van der Waals surface area (Å²) in [5.74, 6) is -0.328. The number of piperazine rings is 1. The van der Waals surface area contributed by atoms with Crippen LogP contribution in [0.2, 0.25) is 0 Å². The number of nitrogens with zero attached hydrogens (tertiary/aromatic N) is 3. The van der Waals surface area contributed by atoms with E-state index in [9.17, 15) is 9.90 Å². The number of aliphatic hydroxyl groups is 1. The average Bonchev–Trinajstić information content (AvgIpc) is 2.73. The number of hydrogen-bond donors (Lipinski definition) is 1. The van der Waals surface area contributed by atoms with Crippen molar-refractivity contribution in [1.29, 1.82) is 0 Å². The van der Waals surface area contributed by atoms with Crippen LogP contribution in [0.1, 0.15) is 35.1 Å². The Hall–Kier alpha value is -3.12. The quantitative estimate of drug-likeness (QED) is 0.820. The van der Waals surface area contributed by atoms with E-state index in [4.69, 9.17) is 4.74 Å². The summed E-state index contributed by atoms with van der Waals surface area (Å²) in [5, 5.41) is 17.0. The number of benzene rings is 2. The van der Waals surface area contributed by atoms with Gasteiger partial charge in [0.1, 0.15) is 12.4 Å². The molecule has 1 atom stereocenters. The van der Waals surface area contributed by atoms with Gasteiger partial charge in [0.2, 0.25) is 0 Å². The molecule has 1 amide bonds. The maximum atomic E-state index is 13.2. The Bertz CT molecular complexity index is 985. The monoisotopic (exact) mass is 419 g/mol. The summed E-state index contributed by atoms with van der Waals surface area (Å²) in [6, 6.07) is 16.8. The first-order valence-corrected chi connectivity index (χ1v) is 10.7. The summed E-state index contributed by atoms with van der Waals surface area (Å²) >= 11 is 0. The number of hydrazone groups is 1. The normalized spacial score (nSPS) is 22.8. The van der Waals surface area contributed by atoms with Crippen LogP contribution >= 0.6 is 0 Å². The molecule has 2 aromatic rings. The molecule has 2 heterocycles. The van der Waals surface area contributed by atoms with Gasteiger partial charge in [-0.1, -0.05) is 59.7 Å². The predicted octanol–water partition coefficient (Wildman–Crippen LogP) is 3.75. The zero-order valence-corrected chi connectivity index (χ0v) is 18.3. The largest absolute Gasteiger partial charge is 0.507 e. The molecule has 0 radical (unpaired) electrons. The molecule has 2 aliphatic rings. The van der Waals surface area contributed by atoms with Crippen LogP contribution in [-0.2, 0) is 9.53 Å². The highest BCUT2D eigenvalue weighted by molar-refractivity contribution is 5.94. The lowest BCUT2D eigenvalue weighted by atomic mass is 9.82. The number of carbonyl (C=O) groups excluding carboxylic acids is 1. The first-order valence-electron chi connectivity index (χ1n) is 10.7. The molecule has 31 heavy (non-hydrogen) atoms. The van der Waals surface area contributed by atoms with Crippen molar-refractivity contribution in [3.05, 3.63) is 82.2 Å². The van der Waals surface area contributed by atoms with Gasteiger partial charge in [-0.2, -0.15) is 5.10 Å². The summed E-state index contributed by atoms with van der Waals surface area (Å²) < 4.78 is 5.39. The van der Waals surface area contributed by atoms with E-state index in [0.29, 0.717) is 13.1 Å². The fraction of sp³-hybridized carbons (Fsp3) is 0.360. The number of aliphatic hydroxyl groups excluding tert-OH is 1. The number of amides is 1. The van der Waals surface area contributed by atoms with Crippen molar-refractivity contribution in [2.75, 3.05) is 26.3 Å². The van der Waals surface area contributed by atoms with Gasteiger partial charge in [0.25, 0.3) is 5.91 Å². The summed E-state index contributed by atoms with van der Waals surface area (Å²) in [7, 11) is 0. The van der Waals surface area contributed by atoms with Crippen molar-refractivity contribution in [3.8, 4) is 0 Å². The number of ether oxygens (including phenoxy) is 1. The summed E-state index contributed by atoms with van der Waals surface area (Å²) in [5.41, 5.74) is 4.89. The maximum Gasteiger partial charge on any atom is 0.275 e. The van der Waals surface area contributed by atoms with Gasteiger partial charge < -0.3 is 14.7 Å². The molecule has 1 saturated heterocycles. The molecule has 0 saturated carbocycles. The van der Waals surface area contributed by atoms with Crippen molar-refractivity contribution in [2.24, 2.45) is 5.10 Å². The first kappa shape index (κ1) is 21.1. The minimum Gasteiger partial charge on any atom is -0.507 e. The number of carbonyl (C=O) groups is 1. The van der Waals surface area contributed by atoms with E-state index >= 15 is 0 Å². The number of fused-ring (bicyclic) bond motifs is 1. The van der Waals surface area contributed by atoms with Crippen LogP contribution < -0.4 is 0 Å². The lowest BCUT2D eigenvalue weighted by Crippen LogP contribution is -2.55. The molecule has 0 bridgehead atoms. The third-order valence-corrected chi connectivity index (χ3v) is 5.92. The van der Waals surface area contributed by atoms with Gasteiger partial charge >= 0.3 is 0 Å². The van der Waals surface area contributed by atoms with Gasteiger partial charge in [0.15, 0.2) is 5.70 Å². The molecular formula is C25H29N3O3. The third-order valence-electron chi connectivity index (χ3n) is 5.92. The number of hydrogen-bond acceptors (Lipinski definition) is 5. The van der Waals surface area contributed by atoms with Crippen LogP contribution in [0.3, 0.4) is 0 Å². The molecule has 6 heteroatoms. The Morgan fingerprint density at radius 3 is 2.35 bits per heavy atom. The van der Waals surface area contributed by atoms with Crippen LogP contribution in [0.4, 0.5) is 0 Å². The molecular weight excluding hydrogens is 390 g/mol. The van der Waals surface area contributed by atoms with Crippen molar-refractivity contribution in [2.45, 2.75) is 32.7 Å². The second kappa shape index (κ2) is 8.94. The summed E-state index contributed by atoms with van der Waals surface area (Å²) in [6.07, 6.45) is 1.66. The van der Waals surface area contributed by atoms with Gasteiger partial charge in [-0.3, -0.25) is 9.80 Å². The highest BCUT2D eigenvalue weighted by atomic mass is 16.5. The lowest BCUT2D eigenvalue weighted by molar-refractivity contribution is -0.134. The minimum absolute atomic E-state index is 0.00652. The summed E-state index contributed by atoms with van der Waals surface area (Å²) in [4.78, 5) is 14.9. The second-order valence-electron chi connectivity index (χ2n) is 8.17. The molecule has 162 valence electrons. The van der Waals surface area contributed by atoms with Crippen molar-refractivity contribution in [3.63, 3.8) is 0 Å². The summed E-state index contributed by atoms with van der Waals surface area (Å²) in [6.45, 7) is 7.47. The van der Waals surface area contributed by atoms with Crippen molar-refractivity contribution < 1.29 is 14.6 Å². The standard InChI is InChI=1S/C25H29N3O3/c1-4-27-15-21(28-24(25(27)30)22(29)16-31-12-11-26-28)23(19-9-5-7-17(2)13-19)20-10-6-8-18(3)14-20/h5-11,13-14,21,23,29H,4,12,15-16H2,1-3H3/b24-22+,26-11-/t21-/m0/s1. The Kier molecular flexibility index (Phi) is 6.09. The molecule has 1 fully saturated rings. The van der Waals surface area contributed by atoms with Gasteiger partial charge in [-0.25, -0.2) is 0 Å². The third kappa shape index (κ3) is 4.21. The van der Waals surface area contributed by atoms with E-state index in [-0.39, 0.29) is 42.5 Å². The highest BCUT2D eigenvalue weighted by Gasteiger charge is 2.43. The molecule has 0 spiro atoms. The predicted molar refractivity (Wildman–Crippen MR) is 121 cm³/mol. The Labute approximate surface area is 183 Å². The Morgan fingerprint density at radius 2 is 1.77 bits per heavy atom. The number of aryl methyl sites for hydroxylation is 2. The second-order valence-corrected chi connectivity index (χ2v) is 8.17. The SMILES string of the molecule is CCN1C[C@@H](C(c2cccc(C)c2)c2cccc(C)c2)N2/N=C\COC/C(O)=C\2C1=O. The smallest absolute Gasteiger partial charge is 0.275 e. The van der Waals surface area contributed by atoms with Crippen LogP contribution in [0.15, 0.2) is 65.1 Å². The van der Waals surface area contributed by atoms with Gasteiger partial charge in [0.05, 0.1) is 18.9 Å². The van der Waals surface area contributed by atoms with Crippen LogP contribution in [0.25, 0.3) is 0 Å². The van der Waals surface area contributed by atoms with E-state index in [0.717, 1.165) is 11.1 Å². The van der Waals surface area contributed by atoms with Crippen LogP contribution in [0.5, 0.6) is 0 Å². The molecule has 0 aliphatic carbocycles. The molecule has 6 nitrogen and oxygen atoms in total. The highest BCUT2D eigenvalue weighted by Crippen LogP contribution is 2.37. The van der Waals surface area contributed by atoms with Crippen molar-refractivity contribution in [1.82, 2.24) is 9.91 Å². The topological polar surface area (TPSA) is 65.4 Å². The van der Waals surface area contributed by atoms with E-state index in [1.54, 1.807) is 16.1 Å². The molecule has 4 rings (SSSR count).